The minimum atomic E-state index is -2.01. The molecule has 0 aliphatic carbocycles. The average molecular weight is 473 g/mol. The number of nitrogens with zero attached hydrogens (tertiary/aromatic N) is 1. The van der Waals surface area contributed by atoms with E-state index in [-0.39, 0.29) is 0 Å². The van der Waals surface area contributed by atoms with Gasteiger partial charge in [-0.05, 0) is 58.7 Å². The van der Waals surface area contributed by atoms with E-state index in [1.165, 1.54) is 23.9 Å². The molecule has 0 fully saturated rings. The molecule has 4 rings (SSSR count). The van der Waals surface area contributed by atoms with E-state index in [0.29, 0.717) is 33.7 Å². The zero-order chi connectivity index (χ0) is 19.3. The Kier molecular flexibility index (Phi) is 4.94. The smallest absolute Gasteiger partial charge is 0.338 e. The van der Waals surface area contributed by atoms with Crippen molar-refractivity contribution < 1.29 is 18.7 Å². The van der Waals surface area contributed by atoms with Gasteiger partial charge in [0.05, 0.1) is 5.52 Å². The molecule has 1 aromatic heterocycles. The normalized spacial score (nSPS) is 17.3. The summed E-state index contributed by atoms with van der Waals surface area (Å²) in [5, 5.41) is 10.5. The van der Waals surface area contributed by atoms with Crippen LogP contribution in [0, 0.1) is 5.82 Å². The first-order valence-corrected chi connectivity index (χ1v) is 10.2. The van der Waals surface area contributed by atoms with Gasteiger partial charge in [0.2, 0.25) is 6.17 Å². The number of aromatic nitrogens is 1. The van der Waals surface area contributed by atoms with E-state index in [2.05, 4.69) is 15.9 Å². The van der Waals surface area contributed by atoms with Crippen molar-refractivity contribution in [1.29, 1.82) is 0 Å². The summed E-state index contributed by atoms with van der Waals surface area (Å²) in [4.78, 5) is 12.9. The predicted molar refractivity (Wildman–Crippen MR) is 105 cm³/mol. The van der Waals surface area contributed by atoms with E-state index in [4.69, 9.17) is 11.6 Å². The van der Waals surface area contributed by atoms with Crippen molar-refractivity contribution >= 4 is 56.2 Å². The number of carboxylic acids is 1. The zero-order valence-corrected chi connectivity index (χ0v) is 16.9. The van der Waals surface area contributed by atoms with E-state index < -0.39 is 23.9 Å². The quantitative estimate of drug-likeness (QED) is 0.487. The molecule has 2 aromatic carbocycles. The van der Waals surface area contributed by atoms with Gasteiger partial charge in [-0.3, -0.25) is 0 Å². The van der Waals surface area contributed by atoms with E-state index in [0.717, 1.165) is 15.2 Å². The lowest BCUT2D eigenvalue weighted by Crippen LogP contribution is -2.22. The number of aliphatic carboxylic acids is 1. The van der Waals surface area contributed by atoms with Gasteiger partial charge < -0.3 is 9.67 Å². The van der Waals surface area contributed by atoms with Crippen LogP contribution in [-0.4, -0.2) is 21.8 Å². The van der Waals surface area contributed by atoms with Crippen molar-refractivity contribution in [2.24, 2.45) is 0 Å². The fourth-order valence-corrected chi connectivity index (χ4v) is 5.64. The summed E-state index contributed by atoms with van der Waals surface area (Å²) in [5.74, 6) is -2.66. The first kappa shape index (κ1) is 18.8. The Morgan fingerprint density at radius 3 is 2.70 bits per heavy atom. The van der Waals surface area contributed by atoms with Crippen LogP contribution in [0.2, 0.25) is 5.02 Å². The lowest BCUT2D eigenvalue weighted by atomic mass is 9.98. The monoisotopic (exact) mass is 471 g/mol. The Balaban J connectivity index is 1.94. The third-order valence-corrected chi connectivity index (χ3v) is 6.72. The van der Waals surface area contributed by atoms with Crippen LogP contribution >= 0.6 is 39.3 Å². The van der Waals surface area contributed by atoms with E-state index in [1.54, 1.807) is 12.1 Å². The summed E-state index contributed by atoms with van der Waals surface area (Å²) < 4.78 is 30.9. The summed E-state index contributed by atoms with van der Waals surface area (Å²) in [5.41, 5.74) is 1.24. The van der Waals surface area contributed by atoms with Crippen molar-refractivity contribution in [2.75, 3.05) is 0 Å². The second-order valence-electron chi connectivity index (χ2n) is 6.34. The summed E-state index contributed by atoms with van der Waals surface area (Å²) in [7, 11) is 0. The molecule has 27 heavy (non-hydrogen) atoms. The van der Waals surface area contributed by atoms with Crippen LogP contribution in [0.3, 0.4) is 0 Å². The van der Waals surface area contributed by atoms with E-state index in [9.17, 15) is 18.7 Å². The lowest BCUT2D eigenvalue weighted by Gasteiger charge is -2.14. The number of alkyl halides is 1. The third-order valence-electron chi connectivity index (χ3n) is 4.71. The Hall–Kier alpha value is -1.57. The Labute approximate surface area is 171 Å². The molecule has 0 saturated carbocycles. The number of carbonyl (C=O) groups is 1. The van der Waals surface area contributed by atoms with Gasteiger partial charge in [-0.15, -0.1) is 0 Å². The predicted octanol–water partition coefficient (Wildman–Crippen LogP) is 6.26. The molecule has 8 heteroatoms. The Morgan fingerprint density at radius 1 is 1.33 bits per heavy atom. The van der Waals surface area contributed by atoms with Crippen LogP contribution in [0.25, 0.3) is 10.9 Å². The second kappa shape index (κ2) is 7.11. The van der Waals surface area contributed by atoms with Gasteiger partial charge in [0.15, 0.2) is 0 Å². The molecule has 3 aromatic rings. The summed E-state index contributed by atoms with van der Waals surface area (Å²) in [6.07, 6.45) is -1.65. The number of halogens is 4. The van der Waals surface area contributed by atoms with E-state index in [1.807, 2.05) is 16.7 Å². The molecule has 0 radical (unpaired) electrons. The standard InChI is InChI=1S/C19H13BrClF2NO2S/c20-13-7-10(22)8-14-15(13)18(27-11-3-1-9(21)2-4-11)17-12(5-6-24(14)17)16(23)19(25)26/h1-4,7-8,12,16H,5-6H2,(H,25,26). The number of rotatable bonds is 4. The third kappa shape index (κ3) is 3.26. The van der Waals surface area contributed by atoms with Crippen molar-refractivity contribution in [3.63, 3.8) is 0 Å². The van der Waals surface area contributed by atoms with Gasteiger partial charge in [-0.1, -0.05) is 23.4 Å². The molecule has 0 amide bonds. The minimum absolute atomic E-state index is 0.362. The van der Waals surface area contributed by atoms with Crippen LogP contribution in [0.5, 0.6) is 0 Å². The van der Waals surface area contributed by atoms with Crippen molar-refractivity contribution in [2.45, 2.75) is 34.8 Å². The summed E-state index contributed by atoms with van der Waals surface area (Å²) in [6, 6.07) is 9.96. The van der Waals surface area contributed by atoms with Crippen LogP contribution in [0.4, 0.5) is 8.78 Å². The maximum absolute atomic E-state index is 14.5. The zero-order valence-electron chi connectivity index (χ0n) is 13.8. The van der Waals surface area contributed by atoms with Crippen molar-refractivity contribution in [3.8, 4) is 0 Å². The Morgan fingerprint density at radius 2 is 2.04 bits per heavy atom. The Bertz CT molecular complexity index is 1050. The highest BCUT2D eigenvalue weighted by Crippen LogP contribution is 2.49. The van der Waals surface area contributed by atoms with Crippen LogP contribution in [-0.2, 0) is 11.3 Å². The molecule has 1 aliphatic rings. The molecule has 3 nitrogen and oxygen atoms in total. The fourth-order valence-electron chi connectivity index (χ4n) is 3.57. The SMILES string of the molecule is O=C(O)C(F)C1CCn2c1c(Sc1ccc(Cl)cc1)c1c(Br)cc(F)cc12. The van der Waals surface area contributed by atoms with Crippen molar-refractivity contribution in [1.82, 2.24) is 4.57 Å². The minimum Gasteiger partial charge on any atom is -0.479 e. The highest BCUT2D eigenvalue weighted by atomic mass is 79.9. The number of aryl methyl sites for hydroxylation is 1. The molecule has 2 atom stereocenters. The first-order chi connectivity index (χ1) is 12.9. The largest absolute Gasteiger partial charge is 0.479 e. The highest BCUT2D eigenvalue weighted by Gasteiger charge is 2.39. The highest BCUT2D eigenvalue weighted by molar-refractivity contribution is 9.10. The molecule has 140 valence electrons. The number of benzene rings is 2. The number of hydrogen-bond acceptors (Lipinski definition) is 2. The van der Waals surface area contributed by atoms with E-state index >= 15 is 0 Å². The molecule has 0 spiro atoms. The molecular formula is C19H13BrClF2NO2S. The maximum Gasteiger partial charge on any atom is 0.338 e. The van der Waals surface area contributed by atoms with Gasteiger partial charge in [0.1, 0.15) is 5.82 Å². The van der Waals surface area contributed by atoms with Gasteiger partial charge in [0, 0.05) is 42.8 Å². The van der Waals surface area contributed by atoms with Gasteiger partial charge in [0.25, 0.3) is 0 Å². The molecule has 1 aliphatic heterocycles. The van der Waals surface area contributed by atoms with Crippen molar-refractivity contribution in [3.05, 3.63) is 57.4 Å². The molecule has 0 bridgehead atoms. The molecular weight excluding hydrogens is 460 g/mol. The van der Waals surface area contributed by atoms with Gasteiger partial charge in [-0.2, -0.15) is 0 Å². The molecule has 0 saturated heterocycles. The first-order valence-electron chi connectivity index (χ1n) is 8.18. The van der Waals surface area contributed by atoms with Crippen LogP contribution in [0.15, 0.2) is 50.7 Å². The van der Waals surface area contributed by atoms with Crippen LogP contribution in [0.1, 0.15) is 18.0 Å². The number of carboxylic acid groups (broad SMARTS) is 1. The molecule has 1 N–H and O–H groups in total. The van der Waals surface area contributed by atoms with Gasteiger partial charge >= 0.3 is 5.97 Å². The second-order valence-corrected chi connectivity index (χ2v) is 8.71. The molecule has 2 heterocycles. The maximum atomic E-state index is 14.5. The summed E-state index contributed by atoms with van der Waals surface area (Å²) in [6.45, 7) is 0.446. The average Bonchev–Trinajstić information content (AvgIpc) is 3.16. The number of fused-ring (bicyclic) bond motifs is 3. The summed E-state index contributed by atoms with van der Waals surface area (Å²) >= 11 is 10.8. The molecule has 2 unspecified atom stereocenters. The number of hydrogen-bond donors (Lipinski definition) is 1. The topological polar surface area (TPSA) is 42.2 Å². The van der Waals surface area contributed by atoms with Gasteiger partial charge in [-0.25, -0.2) is 13.6 Å². The lowest BCUT2D eigenvalue weighted by molar-refractivity contribution is -0.143. The fraction of sp³-hybridized carbons (Fsp3) is 0.211. The van der Waals surface area contributed by atoms with Crippen LogP contribution < -0.4 is 0 Å².